The van der Waals surface area contributed by atoms with Gasteiger partial charge in [-0.3, -0.25) is 24.4 Å². The number of piperazine rings is 1. The van der Waals surface area contributed by atoms with Crippen LogP contribution in [0.25, 0.3) is 0 Å². The summed E-state index contributed by atoms with van der Waals surface area (Å²) in [7, 11) is 0. The lowest BCUT2D eigenvalue weighted by atomic mass is 9.97. The molecular formula is C19H26ClN5O2. The number of piperidine rings is 1. The van der Waals surface area contributed by atoms with Gasteiger partial charge in [0.1, 0.15) is 11.0 Å². The number of imide groups is 1. The van der Waals surface area contributed by atoms with Crippen molar-refractivity contribution in [3.8, 4) is 0 Å². The maximum absolute atomic E-state index is 12.4. The Labute approximate surface area is 164 Å². The number of hydrogen-bond donors (Lipinski definition) is 0. The van der Waals surface area contributed by atoms with Crippen molar-refractivity contribution in [2.75, 3.05) is 44.2 Å². The molecule has 146 valence electrons. The molecule has 1 aromatic rings. The predicted octanol–water partition coefficient (Wildman–Crippen LogP) is 1.82. The Kier molecular flexibility index (Phi) is 5.59. The molecule has 2 aliphatic heterocycles. The van der Waals surface area contributed by atoms with Gasteiger partial charge in [0.25, 0.3) is 0 Å². The Hall–Kier alpha value is -1.73. The molecule has 2 amide bonds. The number of carbonyl (C=O) groups is 2. The van der Waals surface area contributed by atoms with Gasteiger partial charge in [0.05, 0.1) is 12.4 Å². The second-order valence-corrected chi connectivity index (χ2v) is 8.16. The first-order valence-electron chi connectivity index (χ1n) is 9.92. The average molecular weight is 392 g/mol. The molecule has 8 heteroatoms. The normalized spacial score (nSPS) is 26.1. The van der Waals surface area contributed by atoms with Crippen molar-refractivity contribution in [2.45, 2.75) is 32.1 Å². The van der Waals surface area contributed by atoms with Crippen LogP contribution in [-0.2, 0) is 9.59 Å². The van der Waals surface area contributed by atoms with E-state index < -0.39 is 0 Å². The topological polar surface area (TPSA) is 69.6 Å². The highest BCUT2D eigenvalue weighted by Crippen LogP contribution is 2.38. The number of likely N-dealkylation sites (tertiary alicyclic amines) is 1. The van der Waals surface area contributed by atoms with Crippen LogP contribution in [0, 0.1) is 11.8 Å². The van der Waals surface area contributed by atoms with Crippen molar-refractivity contribution >= 4 is 29.2 Å². The molecular weight excluding hydrogens is 366 g/mol. The fourth-order valence-corrected chi connectivity index (χ4v) is 4.63. The molecule has 7 nitrogen and oxygen atoms in total. The van der Waals surface area contributed by atoms with Gasteiger partial charge in [0.2, 0.25) is 11.8 Å². The zero-order valence-electron chi connectivity index (χ0n) is 15.5. The molecule has 4 rings (SSSR count). The van der Waals surface area contributed by atoms with E-state index in [1.54, 1.807) is 17.3 Å². The standard InChI is InChI=1S/C19H26ClN5O2/c20-16-12-21-13-17(22-16)24-9-7-23(8-10-24)5-1-2-6-25-18(26)14-3-4-15(11-14)19(25)27/h12-15H,1-11H2. The Morgan fingerprint density at radius 2 is 1.63 bits per heavy atom. The number of halogens is 1. The Morgan fingerprint density at radius 1 is 0.963 bits per heavy atom. The van der Waals surface area contributed by atoms with Gasteiger partial charge in [-0.1, -0.05) is 11.6 Å². The third-order valence-corrected chi connectivity index (χ3v) is 6.24. The SMILES string of the molecule is O=C1C2CCC(C2)C(=O)N1CCCCN1CCN(c2cncc(Cl)n2)CC1. The maximum Gasteiger partial charge on any atom is 0.232 e. The van der Waals surface area contributed by atoms with Crippen LogP contribution < -0.4 is 4.90 Å². The fraction of sp³-hybridized carbons (Fsp3) is 0.684. The molecule has 3 heterocycles. The third-order valence-electron chi connectivity index (χ3n) is 6.06. The van der Waals surface area contributed by atoms with E-state index in [4.69, 9.17) is 11.6 Å². The van der Waals surface area contributed by atoms with Gasteiger partial charge in [-0.05, 0) is 38.6 Å². The zero-order valence-corrected chi connectivity index (χ0v) is 16.3. The van der Waals surface area contributed by atoms with Gasteiger partial charge in [0.15, 0.2) is 0 Å². The van der Waals surface area contributed by atoms with E-state index >= 15 is 0 Å². The van der Waals surface area contributed by atoms with E-state index in [-0.39, 0.29) is 23.7 Å². The number of hydrogen-bond acceptors (Lipinski definition) is 6. The van der Waals surface area contributed by atoms with Crippen LogP contribution in [0.15, 0.2) is 12.4 Å². The average Bonchev–Trinajstić information content (AvgIpc) is 3.14. The molecule has 0 N–H and O–H groups in total. The number of rotatable bonds is 6. The van der Waals surface area contributed by atoms with Crippen molar-refractivity contribution in [1.82, 2.24) is 19.8 Å². The van der Waals surface area contributed by atoms with E-state index in [1.165, 1.54) is 0 Å². The van der Waals surface area contributed by atoms with Crippen molar-refractivity contribution in [1.29, 1.82) is 0 Å². The molecule has 0 spiro atoms. The lowest BCUT2D eigenvalue weighted by Gasteiger charge is -2.35. The van der Waals surface area contributed by atoms with Crippen molar-refractivity contribution in [2.24, 2.45) is 11.8 Å². The monoisotopic (exact) mass is 391 g/mol. The molecule has 2 saturated heterocycles. The van der Waals surface area contributed by atoms with Gasteiger partial charge in [-0.15, -0.1) is 0 Å². The summed E-state index contributed by atoms with van der Waals surface area (Å²) in [6.45, 7) is 5.34. The minimum atomic E-state index is 0.0741. The van der Waals surface area contributed by atoms with E-state index in [1.807, 2.05) is 0 Å². The number of amides is 2. The number of carbonyl (C=O) groups excluding carboxylic acids is 2. The van der Waals surface area contributed by atoms with Crippen LogP contribution >= 0.6 is 11.6 Å². The Morgan fingerprint density at radius 3 is 2.30 bits per heavy atom. The molecule has 0 aromatic carbocycles. The molecule has 2 bridgehead atoms. The van der Waals surface area contributed by atoms with Crippen molar-refractivity contribution in [3.63, 3.8) is 0 Å². The third kappa shape index (κ3) is 4.09. The van der Waals surface area contributed by atoms with Crippen LogP contribution in [0.4, 0.5) is 5.82 Å². The number of aromatic nitrogens is 2. The van der Waals surface area contributed by atoms with E-state index in [2.05, 4.69) is 19.8 Å². The molecule has 3 aliphatic rings. The Balaban J connectivity index is 1.18. The summed E-state index contributed by atoms with van der Waals surface area (Å²) in [5.74, 6) is 1.19. The molecule has 1 aliphatic carbocycles. The summed E-state index contributed by atoms with van der Waals surface area (Å²) >= 11 is 5.92. The van der Waals surface area contributed by atoms with Gasteiger partial charge >= 0.3 is 0 Å². The van der Waals surface area contributed by atoms with E-state index in [0.717, 1.165) is 70.6 Å². The highest BCUT2D eigenvalue weighted by atomic mass is 35.5. The van der Waals surface area contributed by atoms with Crippen molar-refractivity contribution < 1.29 is 9.59 Å². The molecule has 2 unspecified atom stereocenters. The number of unbranched alkanes of at least 4 members (excludes halogenated alkanes) is 1. The quantitative estimate of drug-likeness (QED) is 0.544. The summed E-state index contributed by atoms with van der Waals surface area (Å²) < 4.78 is 0. The molecule has 1 saturated carbocycles. The summed E-state index contributed by atoms with van der Waals surface area (Å²) in [6.07, 6.45) is 7.77. The molecule has 1 aromatic heterocycles. The summed E-state index contributed by atoms with van der Waals surface area (Å²) in [4.78, 5) is 39.3. The first-order chi connectivity index (χ1) is 13.1. The van der Waals surface area contributed by atoms with E-state index in [0.29, 0.717) is 11.7 Å². The highest BCUT2D eigenvalue weighted by Gasteiger charge is 2.44. The fourth-order valence-electron chi connectivity index (χ4n) is 4.49. The first kappa shape index (κ1) is 18.6. The number of anilines is 1. The molecule has 2 atom stereocenters. The minimum absolute atomic E-state index is 0.0741. The summed E-state index contributed by atoms with van der Waals surface area (Å²) in [5, 5.41) is 0.421. The predicted molar refractivity (Wildman–Crippen MR) is 102 cm³/mol. The van der Waals surface area contributed by atoms with Crippen LogP contribution in [0.1, 0.15) is 32.1 Å². The molecule has 0 radical (unpaired) electrons. The smallest absolute Gasteiger partial charge is 0.232 e. The lowest BCUT2D eigenvalue weighted by Crippen LogP contribution is -2.48. The summed E-state index contributed by atoms with van der Waals surface area (Å²) in [5.41, 5.74) is 0. The zero-order chi connectivity index (χ0) is 18.8. The number of nitrogens with zero attached hydrogens (tertiary/aromatic N) is 5. The highest BCUT2D eigenvalue weighted by molar-refractivity contribution is 6.29. The molecule has 3 fully saturated rings. The van der Waals surface area contributed by atoms with E-state index in [9.17, 15) is 9.59 Å². The summed E-state index contributed by atoms with van der Waals surface area (Å²) in [6, 6.07) is 0. The van der Waals surface area contributed by atoms with Gasteiger partial charge in [-0.2, -0.15) is 0 Å². The Bertz CT molecular complexity index is 685. The van der Waals surface area contributed by atoms with Crippen LogP contribution in [0.5, 0.6) is 0 Å². The van der Waals surface area contributed by atoms with Crippen molar-refractivity contribution in [3.05, 3.63) is 17.5 Å². The van der Waals surface area contributed by atoms with Gasteiger partial charge in [-0.25, -0.2) is 4.98 Å². The second-order valence-electron chi connectivity index (χ2n) is 7.77. The van der Waals surface area contributed by atoms with Gasteiger partial charge in [0, 0.05) is 44.6 Å². The number of fused-ring (bicyclic) bond motifs is 2. The molecule has 27 heavy (non-hydrogen) atoms. The van der Waals surface area contributed by atoms with Gasteiger partial charge < -0.3 is 4.90 Å². The largest absolute Gasteiger partial charge is 0.353 e. The minimum Gasteiger partial charge on any atom is -0.353 e. The first-order valence-corrected chi connectivity index (χ1v) is 10.3. The van der Waals surface area contributed by atoms with Crippen LogP contribution in [0.2, 0.25) is 5.15 Å². The lowest BCUT2D eigenvalue weighted by molar-refractivity contribution is -0.152. The van der Waals surface area contributed by atoms with Crippen LogP contribution in [-0.4, -0.2) is 70.9 Å². The maximum atomic E-state index is 12.4. The van der Waals surface area contributed by atoms with Crippen LogP contribution in [0.3, 0.4) is 0 Å². The second kappa shape index (κ2) is 8.10.